The van der Waals surface area contributed by atoms with Gasteiger partial charge in [0.15, 0.2) is 0 Å². The molecular formula is C8H14O4. The Kier molecular flexibility index (Phi) is 2.32. The minimum absolute atomic E-state index is 0.0165. The van der Waals surface area contributed by atoms with Crippen molar-refractivity contribution in [3.63, 3.8) is 0 Å². The molecule has 2 rings (SSSR count). The molecule has 2 saturated heterocycles. The molecule has 0 radical (unpaired) electrons. The van der Waals surface area contributed by atoms with E-state index in [1.165, 1.54) is 0 Å². The summed E-state index contributed by atoms with van der Waals surface area (Å²) in [5.41, 5.74) is 0. The van der Waals surface area contributed by atoms with Crippen molar-refractivity contribution in [3.8, 4) is 0 Å². The van der Waals surface area contributed by atoms with E-state index in [0.717, 1.165) is 12.8 Å². The van der Waals surface area contributed by atoms with Gasteiger partial charge in [0.2, 0.25) is 0 Å². The lowest BCUT2D eigenvalue weighted by Crippen LogP contribution is -2.55. The van der Waals surface area contributed by atoms with Crippen LogP contribution in [0.15, 0.2) is 0 Å². The van der Waals surface area contributed by atoms with Crippen molar-refractivity contribution < 1.29 is 19.7 Å². The first-order chi connectivity index (χ1) is 5.79. The van der Waals surface area contributed by atoms with Crippen molar-refractivity contribution in [2.24, 2.45) is 0 Å². The number of aliphatic hydroxyl groups excluding tert-OH is 2. The van der Waals surface area contributed by atoms with Crippen LogP contribution in [0.25, 0.3) is 0 Å². The third-order valence-corrected chi connectivity index (χ3v) is 2.52. The molecule has 2 aliphatic rings. The van der Waals surface area contributed by atoms with E-state index in [0.29, 0.717) is 6.61 Å². The van der Waals surface area contributed by atoms with Gasteiger partial charge in [0.1, 0.15) is 18.3 Å². The smallest absolute Gasteiger partial charge is 0.112 e. The molecule has 0 aromatic rings. The molecule has 0 saturated carbocycles. The molecule has 2 heterocycles. The van der Waals surface area contributed by atoms with Crippen LogP contribution < -0.4 is 0 Å². The molecule has 0 aromatic carbocycles. The molecule has 0 aliphatic carbocycles. The summed E-state index contributed by atoms with van der Waals surface area (Å²) in [5.74, 6) is 0. The largest absolute Gasteiger partial charge is 0.388 e. The summed E-state index contributed by atoms with van der Waals surface area (Å²) in [6.45, 7) is 0.889. The van der Waals surface area contributed by atoms with Crippen molar-refractivity contribution in [3.05, 3.63) is 0 Å². The Morgan fingerprint density at radius 1 is 1.17 bits per heavy atom. The maximum Gasteiger partial charge on any atom is 0.112 e. The molecule has 2 N–H and O–H groups in total. The van der Waals surface area contributed by atoms with Crippen LogP contribution in [0, 0.1) is 0 Å². The summed E-state index contributed by atoms with van der Waals surface area (Å²) in [6.07, 6.45) is 0.00589. The van der Waals surface area contributed by atoms with Crippen molar-refractivity contribution in [1.29, 1.82) is 0 Å². The predicted octanol–water partition coefficient (Wildman–Crippen LogP) is -0.714. The first-order valence-electron chi connectivity index (χ1n) is 4.38. The average Bonchev–Trinajstić information content (AvgIpc) is 2.12. The summed E-state index contributed by atoms with van der Waals surface area (Å²) < 4.78 is 10.7. The van der Waals surface area contributed by atoms with Gasteiger partial charge in [0, 0.05) is 6.61 Å². The minimum atomic E-state index is -0.788. The topological polar surface area (TPSA) is 58.9 Å². The van der Waals surface area contributed by atoms with Crippen molar-refractivity contribution >= 4 is 0 Å². The van der Waals surface area contributed by atoms with Gasteiger partial charge >= 0.3 is 0 Å². The first-order valence-corrected chi connectivity index (χ1v) is 4.38. The Labute approximate surface area is 71.1 Å². The van der Waals surface area contributed by atoms with Gasteiger partial charge in [-0.15, -0.1) is 0 Å². The molecule has 2 aliphatic heterocycles. The monoisotopic (exact) mass is 174 g/mol. The van der Waals surface area contributed by atoms with Crippen LogP contribution in [0.1, 0.15) is 12.8 Å². The molecule has 0 aromatic heterocycles. The van der Waals surface area contributed by atoms with Crippen molar-refractivity contribution in [2.45, 2.75) is 37.3 Å². The maximum atomic E-state index is 9.52. The lowest BCUT2D eigenvalue weighted by molar-refractivity contribution is -0.220. The van der Waals surface area contributed by atoms with Gasteiger partial charge in [-0.05, 0) is 12.8 Å². The van der Waals surface area contributed by atoms with Crippen LogP contribution in [0.2, 0.25) is 0 Å². The second-order valence-electron chi connectivity index (χ2n) is 3.41. The molecule has 0 bridgehead atoms. The third-order valence-electron chi connectivity index (χ3n) is 2.52. The number of hydrogen-bond acceptors (Lipinski definition) is 4. The molecule has 4 nitrogen and oxygen atoms in total. The number of fused-ring (bicyclic) bond motifs is 1. The molecule has 0 spiro atoms. The Hall–Kier alpha value is -0.160. The number of ether oxygens (including phenoxy) is 2. The highest BCUT2D eigenvalue weighted by Crippen LogP contribution is 2.25. The van der Waals surface area contributed by atoms with Crippen LogP contribution in [0.5, 0.6) is 0 Å². The van der Waals surface area contributed by atoms with Crippen molar-refractivity contribution in [1.82, 2.24) is 0 Å². The van der Waals surface area contributed by atoms with Gasteiger partial charge in [-0.3, -0.25) is 0 Å². The second-order valence-corrected chi connectivity index (χ2v) is 3.41. The molecule has 2 fully saturated rings. The van der Waals surface area contributed by atoms with E-state index in [9.17, 15) is 10.2 Å². The zero-order chi connectivity index (χ0) is 8.55. The van der Waals surface area contributed by atoms with Crippen LogP contribution in [-0.2, 0) is 9.47 Å². The average molecular weight is 174 g/mol. The molecule has 4 unspecified atom stereocenters. The summed E-state index contributed by atoms with van der Waals surface area (Å²) in [6, 6.07) is 0. The van der Waals surface area contributed by atoms with E-state index in [-0.39, 0.29) is 18.8 Å². The maximum absolute atomic E-state index is 9.52. The molecule has 12 heavy (non-hydrogen) atoms. The zero-order valence-corrected chi connectivity index (χ0v) is 6.85. The summed E-state index contributed by atoms with van der Waals surface area (Å²) in [5, 5.41) is 18.8. The lowest BCUT2D eigenvalue weighted by Gasteiger charge is -2.40. The van der Waals surface area contributed by atoms with Crippen LogP contribution >= 0.6 is 0 Å². The first kappa shape index (κ1) is 8.44. The Bertz CT molecular complexity index is 159. The number of rotatable bonds is 0. The highest BCUT2D eigenvalue weighted by Gasteiger charge is 2.40. The molecule has 4 atom stereocenters. The van der Waals surface area contributed by atoms with Crippen molar-refractivity contribution in [2.75, 3.05) is 13.2 Å². The normalized spacial score (nSPS) is 48.5. The fraction of sp³-hybridized carbons (Fsp3) is 1.00. The quantitative estimate of drug-likeness (QED) is 0.509. The van der Waals surface area contributed by atoms with E-state index in [1.54, 1.807) is 0 Å². The minimum Gasteiger partial charge on any atom is -0.388 e. The SMILES string of the molecule is OC1COC2CCCOC2C1O. The fourth-order valence-electron chi connectivity index (χ4n) is 1.81. The highest BCUT2D eigenvalue weighted by molar-refractivity contribution is 4.89. The molecule has 70 valence electrons. The van der Waals surface area contributed by atoms with E-state index in [4.69, 9.17) is 9.47 Å². The zero-order valence-electron chi connectivity index (χ0n) is 6.85. The van der Waals surface area contributed by atoms with Gasteiger partial charge in [-0.2, -0.15) is 0 Å². The Morgan fingerprint density at radius 3 is 2.83 bits per heavy atom. The third kappa shape index (κ3) is 1.35. The van der Waals surface area contributed by atoms with Crippen LogP contribution in [0.4, 0.5) is 0 Å². The molecular weight excluding hydrogens is 160 g/mol. The second kappa shape index (κ2) is 3.30. The van der Waals surface area contributed by atoms with Gasteiger partial charge in [0.05, 0.1) is 12.7 Å². The van der Waals surface area contributed by atoms with Gasteiger partial charge in [-0.25, -0.2) is 0 Å². The standard InChI is InChI=1S/C8H14O4/c9-5-4-12-6-2-1-3-11-8(6)7(5)10/h5-10H,1-4H2. The summed E-state index contributed by atoms with van der Waals surface area (Å²) in [7, 11) is 0. The van der Waals surface area contributed by atoms with Crippen LogP contribution in [-0.4, -0.2) is 47.8 Å². The van der Waals surface area contributed by atoms with Gasteiger partial charge in [-0.1, -0.05) is 0 Å². The number of aliphatic hydroxyl groups is 2. The lowest BCUT2D eigenvalue weighted by atomic mass is 9.95. The summed E-state index contributed by atoms with van der Waals surface area (Å²) in [4.78, 5) is 0. The van der Waals surface area contributed by atoms with Gasteiger partial charge in [0.25, 0.3) is 0 Å². The Morgan fingerprint density at radius 2 is 2.00 bits per heavy atom. The predicted molar refractivity (Wildman–Crippen MR) is 40.7 cm³/mol. The van der Waals surface area contributed by atoms with E-state index in [2.05, 4.69) is 0 Å². The van der Waals surface area contributed by atoms with Gasteiger partial charge < -0.3 is 19.7 Å². The number of hydrogen-bond donors (Lipinski definition) is 2. The molecule has 0 amide bonds. The fourth-order valence-corrected chi connectivity index (χ4v) is 1.81. The van der Waals surface area contributed by atoms with E-state index >= 15 is 0 Å². The molecule has 4 heteroatoms. The Balaban J connectivity index is 2.03. The van der Waals surface area contributed by atoms with E-state index < -0.39 is 12.2 Å². The van der Waals surface area contributed by atoms with E-state index in [1.807, 2.05) is 0 Å². The summed E-state index contributed by atoms with van der Waals surface area (Å²) >= 11 is 0. The highest BCUT2D eigenvalue weighted by atomic mass is 16.6. The van der Waals surface area contributed by atoms with Crippen LogP contribution in [0.3, 0.4) is 0 Å².